The van der Waals surface area contributed by atoms with Gasteiger partial charge in [-0.25, -0.2) is 0 Å². The third-order valence-electron chi connectivity index (χ3n) is 20.4. The van der Waals surface area contributed by atoms with Crippen molar-refractivity contribution in [2.75, 3.05) is 4.72 Å². The average Bonchev–Trinajstić information content (AvgIpc) is 1.64. The van der Waals surface area contributed by atoms with Crippen LogP contribution in [0.3, 0.4) is 0 Å². The van der Waals surface area contributed by atoms with E-state index in [9.17, 15) is 0 Å². The molecule has 0 atom stereocenters. The Bertz CT molecular complexity index is 5810. The zero-order chi connectivity index (χ0) is 59.2. The van der Waals surface area contributed by atoms with E-state index in [1.807, 2.05) is 0 Å². The van der Waals surface area contributed by atoms with E-state index in [2.05, 4.69) is 322 Å². The van der Waals surface area contributed by atoms with Crippen LogP contribution >= 0.6 is 0 Å². The third kappa shape index (κ3) is 6.81. The van der Waals surface area contributed by atoms with Crippen molar-refractivity contribution in [1.29, 1.82) is 0 Å². The van der Waals surface area contributed by atoms with Gasteiger partial charge in [-0.15, -0.1) is 0 Å². The lowest BCUT2D eigenvalue weighted by Crippen LogP contribution is -2.73. The van der Waals surface area contributed by atoms with E-state index in [1.54, 1.807) is 0 Å². The molecule has 0 bridgehead atoms. The number of benzene rings is 14. The fraction of sp³-hybridized carbons (Fsp3) is 0. The SMILES string of the molecule is c1ccc(-c2ccc3c(c2)c2cc(-c4ccccc4)ccc2n3-c2cc3c4c(c2)-c2cccc5c2N(B4c2ccccc2O3)B2c3c-5cc(-n4c5ccc(-c6ccccc6)cc5c5cc(-c6ccccc6)ccc54)cc3-n3c4ccccc4c4cccc2c43)cc1. The molecule has 91 heavy (non-hydrogen) atoms. The number of para-hydroxylation sites is 4. The van der Waals surface area contributed by atoms with Crippen LogP contribution in [0, 0.1) is 0 Å². The van der Waals surface area contributed by atoms with Gasteiger partial charge in [-0.1, -0.05) is 218 Å². The van der Waals surface area contributed by atoms with Gasteiger partial charge < -0.3 is 23.2 Å². The lowest BCUT2D eigenvalue weighted by molar-refractivity contribution is 0.487. The summed E-state index contributed by atoms with van der Waals surface area (Å²) < 4.78 is 17.8. The summed E-state index contributed by atoms with van der Waals surface area (Å²) in [4.78, 5) is 0. The highest BCUT2D eigenvalue weighted by molar-refractivity contribution is 7.08. The molecule has 3 aromatic heterocycles. The molecule has 14 aromatic carbocycles. The first-order chi connectivity index (χ1) is 45.1. The van der Waals surface area contributed by atoms with Crippen molar-refractivity contribution in [2.45, 2.75) is 0 Å². The molecule has 7 heterocycles. The van der Waals surface area contributed by atoms with Crippen LogP contribution in [0.2, 0.25) is 0 Å². The Balaban J connectivity index is 0.848. The highest BCUT2D eigenvalue weighted by Crippen LogP contribution is 2.52. The third-order valence-corrected chi connectivity index (χ3v) is 20.4. The smallest absolute Gasteiger partial charge is 0.319 e. The number of hydrogen-bond donors (Lipinski definition) is 0. The first-order valence-electron chi connectivity index (χ1n) is 31.6. The second kappa shape index (κ2) is 18.4. The summed E-state index contributed by atoms with van der Waals surface area (Å²) >= 11 is 0. The molecule has 0 saturated heterocycles. The fourth-order valence-corrected chi connectivity index (χ4v) is 16.6. The summed E-state index contributed by atoms with van der Waals surface area (Å²) in [5, 5.41) is 7.36. The molecule has 418 valence electrons. The van der Waals surface area contributed by atoms with E-state index in [-0.39, 0.29) is 13.7 Å². The topological polar surface area (TPSA) is 27.3 Å². The molecule has 0 unspecified atom stereocenters. The number of aromatic nitrogens is 3. The van der Waals surface area contributed by atoms with E-state index >= 15 is 0 Å². The monoisotopic (exact) mass is 1150 g/mol. The Hall–Kier alpha value is -11.8. The van der Waals surface area contributed by atoms with Gasteiger partial charge in [-0.2, -0.15) is 0 Å². The molecule has 21 rings (SSSR count). The summed E-state index contributed by atoms with van der Waals surface area (Å²) in [7, 11) is 0. The summed E-state index contributed by atoms with van der Waals surface area (Å²) in [6.07, 6.45) is 0. The van der Waals surface area contributed by atoms with Crippen molar-refractivity contribution in [3.8, 4) is 95.3 Å². The Morgan fingerprint density at radius 2 is 0.670 bits per heavy atom. The van der Waals surface area contributed by atoms with Gasteiger partial charge in [0.05, 0.1) is 38.8 Å². The van der Waals surface area contributed by atoms with Gasteiger partial charge in [0.1, 0.15) is 11.5 Å². The lowest BCUT2D eigenvalue weighted by atomic mass is 9.32. The van der Waals surface area contributed by atoms with Crippen molar-refractivity contribution >= 4 is 107 Å². The predicted molar refractivity (Wildman–Crippen MR) is 381 cm³/mol. The molecule has 0 radical (unpaired) electrons. The van der Waals surface area contributed by atoms with E-state index in [0.717, 1.165) is 39.4 Å². The maximum Gasteiger partial charge on any atom is 0.319 e. The highest BCUT2D eigenvalue weighted by Gasteiger charge is 2.53. The fourth-order valence-electron chi connectivity index (χ4n) is 16.6. The maximum absolute atomic E-state index is 7.37. The van der Waals surface area contributed by atoms with Gasteiger partial charge in [-0.05, 0) is 156 Å². The number of hydrogen-bond acceptors (Lipinski definition) is 2. The van der Waals surface area contributed by atoms with Crippen molar-refractivity contribution in [1.82, 2.24) is 13.7 Å². The van der Waals surface area contributed by atoms with Crippen LogP contribution in [0.25, 0.3) is 149 Å². The van der Waals surface area contributed by atoms with Gasteiger partial charge in [0.2, 0.25) is 0 Å². The molecular formula is C84H50B2N4O. The summed E-state index contributed by atoms with van der Waals surface area (Å²) in [6, 6.07) is 113. The van der Waals surface area contributed by atoms with E-state index < -0.39 is 0 Å². The van der Waals surface area contributed by atoms with Crippen molar-refractivity contribution in [3.05, 3.63) is 303 Å². The van der Waals surface area contributed by atoms with E-state index in [4.69, 9.17) is 4.74 Å². The Labute approximate surface area is 525 Å². The predicted octanol–water partition coefficient (Wildman–Crippen LogP) is 18.4. The number of rotatable bonds is 6. The number of ether oxygens (including phenoxy) is 1. The molecule has 7 heteroatoms. The van der Waals surface area contributed by atoms with Crippen LogP contribution in [0.4, 0.5) is 5.69 Å². The molecule has 0 aliphatic carbocycles. The second-order valence-corrected chi connectivity index (χ2v) is 25.0. The lowest BCUT2D eigenvalue weighted by Gasteiger charge is -2.50. The van der Waals surface area contributed by atoms with E-state index in [1.165, 1.54) is 149 Å². The minimum Gasteiger partial charge on any atom is -0.458 e. The highest BCUT2D eigenvalue weighted by atomic mass is 16.5. The zero-order valence-electron chi connectivity index (χ0n) is 49.2. The molecule has 4 aliphatic rings. The summed E-state index contributed by atoms with van der Waals surface area (Å²) in [6.45, 7) is -0.357. The van der Waals surface area contributed by atoms with Crippen molar-refractivity contribution in [2.24, 2.45) is 0 Å². The second-order valence-electron chi connectivity index (χ2n) is 25.0. The minimum absolute atomic E-state index is 0.167. The van der Waals surface area contributed by atoms with Crippen LogP contribution in [-0.2, 0) is 0 Å². The minimum atomic E-state index is -0.190. The summed E-state index contributed by atoms with van der Waals surface area (Å²) in [5.74, 6) is 1.76. The molecule has 0 N–H and O–H groups in total. The molecule has 5 nitrogen and oxygen atoms in total. The normalized spacial score (nSPS) is 13.1. The van der Waals surface area contributed by atoms with Gasteiger partial charge in [-0.3, -0.25) is 0 Å². The van der Waals surface area contributed by atoms with Crippen LogP contribution in [0.15, 0.2) is 303 Å². The Morgan fingerprint density at radius 3 is 1.21 bits per heavy atom. The van der Waals surface area contributed by atoms with Gasteiger partial charge in [0.25, 0.3) is 0 Å². The zero-order valence-corrected chi connectivity index (χ0v) is 49.2. The molecule has 17 aromatic rings. The van der Waals surface area contributed by atoms with Crippen molar-refractivity contribution < 1.29 is 4.74 Å². The van der Waals surface area contributed by atoms with Crippen LogP contribution in [0.1, 0.15) is 0 Å². The number of fused-ring (bicyclic) bond motifs is 17. The van der Waals surface area contributed by atoms with Crippen LogP contribution in [0.5, 0.6) is 11.5 Å². The molecule has 0 fully saturated rings. The van der Waals surface area contributed by atoms with Crippen LogP contribution < -0.4 is 31.3 Å². The quantitative estimate of drug-likeness (QED) is 0.155. The Morgan fingerprint density at radius 1 is 0.253 bits per heavy atom. The number of nitrogens with zero attached hydrogens (tertiary/aromatic N) is 4. The van der Waals surface area contributed by atoms with Gasteiger partial charge in [0.15, 0.2) is 0 Å². The van der Waals surface area contributed by atoms with Crippen molar-refractivity contribution in [3.63, 3.8) is 0 Å². The van der Waals surface area contributed by atoms with Gasteiger partial charge in [0, 0.05) is 66.6 Å². The van der Waals surface area contributed by atoms with Gasteiger partial charge >= 0.3 is 13.7 Å². The maximum atomic E-state index is 7.37. The molecule has 4 aliphatic heterocycles. The largest absolute Gasteiger partial charge is 0.458 e. The molecule has 0 amide bonds. The first-order valence-corrected chi connectivity index (χ1v) is 31.6. The molecule has 0 saturated carbocycles. The molecule has 0 spiro atoms. The summed E-state index contributed by atoms with van der Waals surface area (Å²) in [5.41, 5.74) is 31.1. The van der Waals surface area contributed by atoms with E-state index in [0.29, 0.717) is 0 Å². The standard InChI is InChI=1S/C84H50B2N4O/c1-5-19-51(20-6-1)55-35-39-74-65(43-55)66-44-56(52-21-7-2-8-22-52)36-40-75(66)87(74)59-47-69-63-28-17-29-64-70-48-60(88-76-41-37-57(53-23-9-3-10-24-53)45-67(76)68-46-58(38-42-77(68)88)54-25-11-4-12-26-54)50-80-82(70)85(71-31-14-16-34-79(71)91-80)90(83(63)64)86-72-32-18-30-62-61-27-13-15-33-73(61)89(84(62)72)78(49-59)81(69)86/h1-50H. The Kier molecular flexibility index (Phi) is 9.95. The van der Waals surface area contributed by atoms with Crippen LogP contribution in [-0.4, -0.2) is 27.4 Å². The number of anilines is 1. The first kappa shape index (κ1) is 49.2. The average molecular weight is 1150 g/mol. The molecular weight excluding hydrogens is 1100 g/mol.